The minimum Gasteiger partial charge on any atom is -0.481 e. The predicted molar refractivity (Wildman–Crippen MR) is 56.9 cm³/mol. The average molecular weight is 208 g/mol. The molecule has 0 saturated carbocycles. The molecule has 1 aromatic carbocycles. The van der Waals surface area contributed by atoms with Crippen molar-refractivity contribution < 1.29 is 9.90 Å². The first-order chi connectivity index (χ1) is 6.66. The number of carboxylic acid groups (broad SMARTS) is 1. The van der Waals surface area contributed by atoms with Crippen molar-refractivity contribution in [1.29, 1.82) is 0 Å². The van der Waals surface area contributed by atoms with E-state index < -0.39 is 5.97 Å². The third kappa shape index (κ3) is 1.77. The van der Waals surface area contributed by atoms with E-state index in [1.165, 1.54) is 10.5 Å². The number of thioether (sulfide) groups is 1. The van der Waals surface area contributed by atoms with Crippen LogP contribution in [-0.4, -0.2) is 16.8 Å². The zero-order chi connectivity index (χ0) is 10.1. The van der Waals surface area contributed by atoms with Gasteiger partial charge in [-0.2, -0.15) is 0 Å². The fraction of sp³-hybridized carbons (Fsp3) is 0.364. The summed E-state index contributed by atoms with van der Waals surface area (Å²) in [6.45, 7) is 2.18. The van der Waals surface area contributed by atoms with Crippen LogP contribution in [-0.2, 0) is 11.2 Å². The number of hydrogen-bond acceptors (Lipinski definition) is 2. The summed E-state index contributed by atoms with van der Waals surface area (Å²) in [6, 6.07) is 5.99. The van der Waals surface area contributed by atoms with Gasteiger partial charge in [-0.25, -0.2) is 0 Å². The van der Waals surface area contributed by atoms with Crippen molar-refractivity contribution >= 4 is 17.7 Å². The number of carbonyl (C=O) groups is 1. The van der Waals surface area contributed by atoms with E-state index in [1.54, 1.807) is 0 Å². The molecule has 0 fully saturated rings. The molecule has 0 aromatic heterocycles. The minimum atomic E-state index is -0.761. The van der Waals surface area contributed by atoms with Crippen LogP contribution in [0.25, 0.3) is 0 Å². The maximum Gasteiger partial charge on any atom is 0.307 e. The Bertz CT molecular complexity index is 374. The van der Waals surface area contributed by atoms with Crippen molar-refractivity contribution in [3.63, 3.8) is 0 Å². The van der Waals surface area contributed by atoms with Crippen LogP contribution in [0.1, 0.15) is 24.0 Å². The van der Waals surface area contributed by atoms with Crippen molar-refractivity contribution in [2.24, 2.45) is 0 Å². The smallest absolute Gasteiger partial charge is 0.307 e. The van der Waals surface area contributed by atoms with Crippen molar-refractivity contribution in [2.45, 2.75) is 24.2 Å². The molecule has 2 rings (SSSR count). The van der Waals surface area contributed by atoms with Gasteiger partial charge in [0.25, 0.3) is 0 Å². The fourth-order valence-electron chi connectivity index (χ4n) is 1.70. The van der Waals surface area contributed by atoms with Crippen LogP contribution >= 0.6 is 11.8 Å². The van der Waals surface area contributed by atoms with Crippen LogP contribution in [0.5, 0.6) is 0 Å². The first-order valence-electron chi connectivity index (χ1n) is 4.64. The Morgan fingerprint density at radius 2 is 2.43 bits per heavy atom. The summed E-state index contributed by atoms with van der Waals surface area (Å²) in [4.78, 5) is 11.9. The molecule has 0 aliphatic carbocycles. The Balaban J connectivity index is 2.30. The Labute approximate surface area is 87.3 Å². The normalized spacial score (nSPS) is 19.4. The summed E-state index contributed by atoms with van der Waals surface area (Å²) in [5, 5.41) is 8.68. The van der Waals surface area contributed by atoms with Crippen LogP contribution in [0.3, 0.4) is 0 Å². The van der Waals surface area contributed by atoms with Crippen LogP contribution in [0.4, 0.5) is 0 Å². The molecule has 1 aliphatic heterocycles. The van der Waals surface area contributed by atoms with Crippen molar-refractivity contribution in [3.05, 3.63) is 29.3 Å². The highest BCUT2D eigenvalue weighted by atomic mass is 32.2. The van der Waals surface area contributed by atoms with E-state index in [0.29, 0.717) is 5.92 Å². The Kier molecular flexibility index (Phi) is 2.50. The van der Waals surface area contributed by atoms with Gasteiger partial charge in [-0.3, -0.25) is 4.79 Å². The molecular weight excluding hydrogens is 196 g/mol. The van der Waals surface area contributed by atoms with E-state index in [1.807, 2.05) is 30.0 Å². The highest BCUT2D eigenvalue weighted by molar-refractivity contribution is 7.99. The molecule has 1 heterocycles. The molecule has 1 N–H and O–H groups in total. The standard InChI is InChI=1S/C11H12O2S/c1-7-6-14-10-3-2-8(4-9(7)10)5-11(12)13/h2-4,7H,5-6H2,1H3,(H,12,13). The van der Waals surface area contributed by atoms with Crippen LogP contribution < -0.4 is 0 Å². The monoisotopic (exact) mass is 208 g/mol. The van der Waals surface area contributed by atoms with Crippen LogP contribution in [0, 0.1) is 0 Å². The van der Waals surface area contributed by atoms with Gasteiger partial charge >= 0.3 is 5.97 Å². The quantitative estimate of drug-likeness (QED) is 0.811. The third-order valence-corrected chi connectivity index (χ3v) is 3.80. The maximum atomic E-state index is 10.5. The minimum absolute atomic E-state index is 0.130. The van der Waals surface area contributed by atoms with E-state index in [4.69, 9.17) is 5.11 Å². The van der Waals surface area contributed by atoms with Gasteiger partial charge in [-0.05, 0) is 23.1 Å². The highest BCUT2D eigenvalue weighted by Gasteiger charge is 2.19. The molecule has 1 atom stereocenters. The van der Waals surface area contributed by atoms with Gasteiger partial charge in [-0.1, -0.05) is 19.1 Å². The molecule has 1 unspecified atom stereocenters. The fourth-order valence-corrected chi connectivity index (χ4v) is 2.90. The first kappa shape index (κ1) is 9.59. The lowest BCUT2D eigenvalue weighted by molar-refractivity contribution is -0.136. The summed E-state index contributed by atoms with van der Waals surface area (Å²) in [6.07, 6.45) is 0.130. The van der Waals surface area contributed by atoms with Gasteiger partial charge in [-0.15, -0.1) is 11.8 Å². The zero-order valence-corrected chi connectivity index (χ0v) is 8.80. The summed E-state index contributed by atoms with van der Waals surface area (Å²) in [5.74, 6) is 0.915. The molecule has 1 aromatic rings. The Morgan fingerprint density at radius 3 is 3.14 bits per heavy atom. The summed E-state index contributed by atoms with van der Waals surface area (Å²) >= 11 is 1.86. The SMILES string of the molecule is CC1CSc2ccc(CC(=O)O)cc21. The van der Waals surface area contributed by atoms with Crippen molar-refractivity contribution in [3.8, 4) is 0 Å². The number of carboxylic acids is 1. The second-order valence-corrected chi connectivity index (χ2v) is 4.72. The first-order valence-corrected chi connectivity index (χ1v) is 5.63. The molecule has 0 saturated heterocycles. The van der Waals surface area contributed by atoms with E-state index in [9.17, 15) is 4.79 Å². The van der Waals surface area contributed by atoms with Crippen LogP contribution in [0.15, 0.2) is 23.1 Å². The van der Waals surface area contributed by atoms with Gasteiger partial charge in [0, 0.05) is 10.6 Å². The lowest BCUT2D eigenvalue weighted by atomic mass is 10.00. The summed E-state index contributed by atoms with van der Waals surface area (Å²) in [7, 11) is 0. The van der Waals surface area contributed by atoms with Gasteiger partial charge in [0.1, 0.15) is 0 Å². The van der Waals surface area contributed by atoms with Gasteiger partial charge in [0.15, 0.2) is 0 Å². The van der Waals surface area contributed by atoms with Crippen LogP contribution in [0.2, 0.25) is 0 Å². The molecule has 0 spiro atoms. The molecule has 74 valence electrons. The molecule has 3 heteroatoms. The number of hydrogen-bond donors (Lipinski definition) is 1. The van der Waals surface area contributed by atoms with E-state index in [0.717, 1.165) is 11.3 Å². The summed E-state index contributed by atoms with van der Waals surface area (Å²) in [5.41, 5.74) is 2.22. The highest BCUT2D eigenvalue weighted by Crippen LogP contribution is 2.39. The average Bonchev–Trinajstić information content (AvgIpc) is 2.47. The molecule has 2 nitrogen and oxygen atoms in total. The Morgan fingerprint density at radius 1 is 1.64 bits per heavy atom. The Hall–Kier alpha value is -0.960. The largest absolute Gasteiger partial charge is 0.481 e. The number of benzene rings is 1. The predicted octanol–water partition coefficient (Wildman–Crippen LogP) is 2.52. The molecular formula is C11H12O2S. The third-order valence-electron chi connectivity index (χ3n) is 2.45. The number of aliphatic carboxylic acids is 1. The van der Waals surface area contributed by atoms with E-state index in [2.05, 4.69) is 6.92 Å². The molecule has 0 bridgehead atoms. The molecule has 14 heavy (non-hydrogen) atoms. The van der Waals surface area contributed by atoms with E-state index >= 15 is 0 Å². The van der Waals surface area contributed by atoms with Gasteiger partial charge < -0.3 is 5.11 Å². The lowest BCUT2D eigenvalue weighted by Gasteiger charge is -2.05. The maximum absolute atomic E-state index is 10.5. The topological polar surface area (TPSA) is 37.3 Å². The molecule has 1 aliphatic rings. The van der Waals surface area contributed by atoms with Crippen molar-refractivity contribution in [1.82, 2.24) is 0 Å². The van der Waals surface area contributed by atoms with Gasteiger partial charge in [0.2, 0.25) is 0 Å². The van der Waals surface area contributed by atoms with Crippen molar-refractivity contribution in [2.75, 3.05) is 5.75 Å². The van der Waals surface area contributed by atoms with Gasteiger partial charge in [0.05, 0.1) is 6.42 Å². The van der Waals surface area contributed by atoms with E-state index in [-0.39, 0.29) is 6.42 Å². The lowest BCUT2D eigenvalue weighted by Crippen LogP contribution is -2.01. The second-order valence-electron chi connectivity index (χ2n) is 3.65. The number of fused-ring (bicyclic) bond motifs is 1. The number of rotatable bonds is 2. The second kappa shape index (κ2) is 3.65. The summed E-state index contributed by atoms with van der Waals surface area (Å²) < 4.78 is 0. The zero-order valence-electron chi connectivity index (χ0n) is 7.99. The molecule has 0 radical (unpaired) electrons. The molecule has 0 amide bonds.